The Morgan fingerprint density at radius 2 is 2.17 bits per heavy atom. The Morgan fingerprint density at radius 1 is 1.39 bits per heavy atom. The molecule has 3 rings (SSSR count). The van der Waals surface area contributed by atoms with Crippen molar-refractivity contribution in [3.8, 4) is 0 Å². The molecule has 2 aliphatic rings. The molecule has 0 aromatic carbocycles. The Balaban J connectivity index is 0.00000192. The van der Waals surface area contributed by atoms with Crippen molar-refractivity contribution in [1.82, 2.24) is 25.0 Å². The van der Waals surface area contributed by atoms with Crippen molar-refractivity contribution in [3.05, 3.63) is 12.2 Å². The summed E-state index contributed by atoms with van der Waals surface area (Å²) in [5.74, 6) is 3.12. The molecule has 1 N–H and O–H groups in total. The number of guanidine groups is 1. The van der Waals surface area contributed by atoms with Crippen molar-refractivity contribution in [2.75, 3.05) is 25.9 Å². The first-order chi connectivity index (χ1) is 10.7. The van der Waals surface area contributed by atoms with Crippen LogP contribution in [0.15, 0.2) is 11.3 Å². The summed E-state index contributed by atoms with van der Waals surface area (Å²) in [6.45, 7) is 2.86. The third kappa shape index (κ3) is 4.52. The van der Waals surface area contributed by atoms with Crippen molar-refractivity contribution in [1.29, 1.82) is 0 Å². The first-order valence-corrected chi connectivity index (χ1v) is 9.13. The molecule has 0 atom stereocenters. The molecule has 130 valence electrons. The van der Waals surface area contributed by atoms with E-state index in [1.54, 1.807) is 6.33 Å². The third-order valence-electron chi connectivity index (χ3n) is 4.73. The summed E-state index contributed by atoms with van der Waals surface area (Å²) < 4.78 is 2.40. The van der Waals surface area contributed by atoms with Crippen molar-refractivity contribution in [2.24, 2.45) is 12.0 Å². The Labute approximate surface area is 159 Å². The zero-order valence-electron chi connectivity index (χ0n) is 14.0. The highest BCUT2D eigenvalue weighted by molar-refractivity contribution is 14.0. The molecule has 0 bridgehead atoms. The monoisotopic (exact) mass is 450 g/mol. The van der Waals surface area contributed by atoms with Gasteiger partial charge in [0.25, 0.3) is 0 Å². The van der Waals surface area contributed by atoms with Gasteiger partial charge in [-0.25, -0.2) is 0 Å². The number of thioether (sulfide) groups is 1. The van der Waals surface area contributed by atoms with E-state index in [0.717, 1.165) is 24.9 Å². The molecule has 23 heavy (non-hydrogen) atoms. The standard InChI is InChI=1S/C15H26N6S.HI/c1-16-14(17-10-13-19-18-12-20(13)2)21-8-9-22-15(11-21)6-4-3-5-7-15;/h12H,3-11H2,1-2H3,(H,16,17);1H. The van der Waals surface area contributed by atoms with Gasteiger partial charge in [-0.05, 0) is 12.8 Å². The molecule has 1 aliphatic carbocycles. The van der Waals surface area contributed by atoms with Crippen molar-refractivity contribution in [3.63, 3.8) is 0 Å². The Kier molecular flexibility index (Phi) is 7.00. The van der Waals surface area contributed by atoms with E-state index in [1.165, 1.54) is 37.9 Å². The van der Waals surface area contributed by atoms with Crippen molar-refractivity contribution >= 4 is 41.7 Å². The van der Waals surface area contributed by atoms with Crippen LogP contribution in [0.2, 0.25) is 0 Å². The fraction of sp³-hybridized carbons (Fsp3) is 0.800. The lowest BCUT2D eigenvalue weighted by molar-refractivity contribution is 0.293. The number of hydrogen-bond donors (Lipinski definition) is 1. The van der Waals surface area contributed by atoms with Gasteiger partial charge in [0.2, 0.25) is 0 Å². The van der Waals surface area contributed by atoms with E-state index in [9.17, 15) is 0 Å². The summed E-state index contributed by atoms with van der Waals surface area (Å²) in [6.07, 6.45) is 8.61. The quantitative estimate of drug-likeness (QED) is 0.426. The maximum Gasteiger partial charge on any atom is 0.194 e. The van der Waals surface area contributed by atoms with Crippen LogP contribution >= 0.6 is 35.7 Å². The van der Waals surface area contributed by atoms with E-state index >= 15 is 0 Å². The van der Waals surface area contributed by atoms with Gasteiger partial charge in [-0.2, -0.15) is 11.8 Å². The number of rotatable bonds is 2. The van der Waals surface area contributed by atoms with Crippen LogP contribution in [0.3, 0.4) is 0 Å². The summed E-state index contributed by atoms with van der Waals surface area (Å²) in [4.78, 5) is 6.91. The highest BCUT2D eigenvalue weighted by atomic mass is 127. The van der Waals surface area contributed by atoms with Crippen LogP contribution in [0.1, 0.15) is 37.9 Å². The number of halogens is 1. The minimum Gasteiger partial charge on any atom is -0.349 e. The highest BCUT2D eigenvalue weighted by Crippen LogP contribution is 2.42. The van der Waals surface area contributed by atoms with Gasteiger partial charge < -0.3 is 14.8 Å². The summed E-state index contributed by atoms with van der Waals surface area (Å²) in [5, 5.41) is 11.5. The van der Waals surface area contributed by atoms with Crippen LogP contribution in [0, 0.1) is 0 Å². The first kappa shape index (κ1) is 18.8. The molecule has 1 aromatic heterocycles. The van der Waals surface area contributed by atoms with Gasteiger partial charge in [0.05, 0.1) is 6.54 Å². The van der Waals surface area contributed by atoms with E-state index in [4.69, 9.17) is 0 Å². The lowest BCUT2D eigenvalue weighted by Gasteiger charge is -2.45. The van der Waals surface area contributed by atoms with Gasteiger partial charge in [-0.3, -0.25) is 4.99 Å². The second-order valence-electron chi connectivity index (χ2n) is 6.27. The topological polar surface area (TPSA) is 58.3 Å². The molecule has 2 fully saturated rings. The molecule has 0 unspecified atom stereocenters. The Morgan fingerprint density at radius 3 is 2.83 bits per heavy atom. The average molecular weight is 450 g/mol. The van der Waals surface area contributed by atoms with E-state index in [2.05, 4.69) is 37.2 Å². The van der Waals surface area contributed by atoms with Gasteiger partial charge in [-0.1, -0.05) is 19.3 Å². The molecule has 2 heterocycles. The van der Waals surface area contributed by atoms with E-state index in [1.807, 2.05) is 18.7 Å². The van der Waals surface area contributed by atoms with Gasteiger partial charge in [0.15, 0.2) is 11.8 Å². The number of nitrogens with zero attached hydrogens (tertiary/aromatic N) is 5. The highest BCUT2D eigenvalue weighted by Gasteiger charge is 2.38. The molecule has 0 radical (unpaired) electrons. The van der Waals surface area contributed by atoms with E-state index < -0.39 is 0 Å². The number of hydrogen-bond acceptors (Lipinski definition) is 4. The van der Waals surface area contributed by atoms with E-state index in [0.29, 0.717) is 11.3 Å². The molecule has 1 saturated heterocycles. The number of nitrogens with one attached hydrogen (secondary N) is 1. The number of aliphatic imine (C=N–C) groups is 1. The van der Waals surface area contributed by atoms with Crippen LogP contribution in [0.25, 0.3) is 0 Å². The van der Waals surface area contributed by atoms with Crippen LogP contribution in [0.4, 0.5) is 0 Å². The number of aryl methyl sites for hydroxylation is 1. The first-order valence-electron chi connectivity index (χ1n) is 8.15. The maximum absolute atomic E-state index is 4.48. The molecule has 1 aromatic rings. The normalized spacial score (nSPS) is 21.1. The minimum absolute atomic E-state index is 0. The zero-order chi connectivity index (χ0) is 15.4. The Bertz CT molecular complexity index is 520. The summed E-state index contributed by atoms with van der Waals surface area (Å²) >= 11 is 2.19. The largest absolute Gasteiger partial charge is 0.349 e. The summed E-state index contributed by atoms with van der Waals surface area (Å²) in [7, 11) is 3.84. The molecule has 1 aliphatic heterocycles. The lowest BCUT2D eigenvalue weighted by Crippen LogP contribution is -2.53. The summed E-state index contributed by atoms with van der Waals surface area (Å²) in [6, 6.07) is 0. The fourth-order valence-electron chi connectivity index (χ4n) is 3.48. The van der Waals surface area contributed by atoms with Gasteiger partial charge >= 0.3 is 0 Å². The maximum atomic E-state index is 4.48. The second kappa shape index (κ2) is 8.55. The van der Waals surface area contributed by atoms with Gasteiger partial charge in [0.1, 0.15) is 6.33 Å². The van der Waals surface area contributed by atoms with E-state index in [-0.39, 0.29) is 24.0 Å². The van der Waals surface area contributed by atoms with Crippen LogP contribution < -0.4 is 5.32 Å². The molecule has 6 nitrogen and oxygen atoms in total. The molecule has 1 saturated carbocycles. The van der Waals surface area contributed by atoms with Crippen LogP contribution in [-0.2, 0) is 13.6 Å². The third-order valence-corrected chi connectivity index (χ3v) is 6.27. The molecular weight excluding hydrogens is 423 g/mol. The minimum atomic E-state index is 0. The molecule has 1 spiro atoms. The SMILES string of the molecule is CN=C(NCc1nncn1C)N1CCSC2(CCCCC2)C1.I. The van der Waals surface area contributed by atoms with Crippen LogP contribution in [-0.4, -0.2) is 56.3 Å². The predicted molar refractivity (Wildman–Crippen MR) is 106 cm³/mol. The van der Waals surface area contributed by atoms with Gasteiger partial charge in [0, 0.05) is 37.7 Å². The average Bonchev–Trinajstić information content (AvgIpc) is 2.94. The second-order valence-corrected chi connectivity index (χ2v) is 7.84. The van der Waals surface area contributed by atoms with Crippen molar-refractivity contribution < 1.29 is 0 Å². The predicted octanol–water partition coefficient (Wildman–Crippen LogP) is 2.26. The van der Waals surface area contributed by atoms with Crippen LogP contribution in [0.5, 0.6) is 0 Å². The van der Waals surface area contributed by atoms with Gasteiger partial charge in [-0.15, -0.1) is 34.2 Å². The molecule has 0 amide bonds. The fourth-order valence-corrected chi connectivity index (χ4v) is 5.05. The number of aromatic nitrogens is 3. The Hall–Kier alpha value is -0.510. The smallest absolute Gasteiger partial charge is 0.194 e. The molecular formula is C15H27IN6S. The zero-order valence-corrected chi connectivity index (χ0v) is 17.1. The van der Waals surface area contributed by atoms with Crippen molar-refractivity contribution in [2.45, 2.75) is 43.4 Å². The lowest BCUT2D eigenvalue weighted by atomic mass is 9.87. The molecule has 8 heteroatoms. The summed E-state index contributed by atoms with van der Waals surface area (Å²) in [5.41, 5.74) is 0.